The van der Waals surface area contributed by atoms with Crippen LogP contribution >= 0.6 is 11.9 Å². The first-order valence-electron chi connectivity index (χ1n) is 3.77. The highest BCUT2D eigenvalue weighted by Crippen LogP contribution is 2.08. The molecular weight excluding hydrogens is 154 g/mol. The number of rotatable bonds is 2. The maximum atomic E-state index is 3.12. The Balaban J connectivity index is 0.000000461. The molecule has 1 nitrogen and oxygen atoms in total. The zero-order valence-corrected chi connectivity index (χ0v) is 8.11. The van der Waals surface area contributed by atoms with Gasteiger partial charge in [0.2, 0.25) is 0 Å². The van der Waals surface area contributed by atoms with Gasteiger partial charge in [-0.1, -0.05) is 44.0 Å². The van der Waals surface area contributed by atoms with Crippen LogP contribution in [0.3, 0.4) is 0 Å². The summed E-state index contributed by atoms with van der Waals surface area (Å²) in [5.74, 6) is 0. The minimum Gasteiger partial charge on any atom is -0.330 e. The Hall–Kier alpha value is -0.630. The molecule has 0 bridgehead atoms. The Bertz CT molecular complexity index is 162. The van der Waals surface area contributed by atoms with Crippen LogP contribution < -0.4 is 4.72 Å². The molecule has 0 saturated heterocycles. The first-order chi connectivity index (χ1) is 5.43. The molecule has 0 unspecified atom stereocenters. The Labute approximate surface area is 73.3 Å². The van der Waals surface area contributed by atoms with Crippen molar-refractivity contribution in [2.45, 2.75) is 13.8 Å². The van der Waals surface area contributed by atoms with Crippen LogP contribution in [0.2, 0.25) is 0 Å². The average molecular weight is 169 g/mol. The van der Waals surface area contributed by atoms with Gasteiger partial charge in [0, 0.05) is 11.9 Å². The van der Waals surface area contributed by atoms with Crippen LogP contribution in [0.15, 0.2) is 30.3 Å². The second-order valence-electron chi connectivity index (χ2n) is 1.67. The van der Waals surface area contributed by atoms with Crippen molar-refractivity contribution in [3.8, 4) is 0 Å². The first-order valence-corrected chi connectivity index (χ1v) is 5.00. The van der Waals surface area contributed by atoms with E-state index in [1.165, 1.54) is 0 Å². The van der Waals surface area contributed by atoms with Gasteiger partial charge in [-0.05, 0) is 12.1 Å². The summed E-state index contributed by atoms with van der Waals surface area (Å²) in [7, 11) is 0. The molecule has 0 radical (unpaired) electrons. The third-order valence-electron chi connectivity index (χ3n) is 0.994. The Morgan fingerprint density at radius 1 is 1.09 bits per heavy atom. The van der Waals surface area contributed by atoms with Crippen molar-refractivity contribution in [2.24, 2.45) is 0 Å². The summed E-state index contributed by atoms with van der Waals surface area (Å²) in [6.45, 7) is 4.00. The Morgan fingerprint density at radius 3 is 2.09 bits per heavy atom. The van der Waals surface area contributed by atoms with Gasteiger partial charge in [-0.15, -0.1) is 0 Å². The number of hydrogen-bond donors (Lipinski definition) is 1. The molecule has 11 heavy (non-hydrogen) atoms. The molecule has 0 spiro atoms. The van der Waals surface area contributed by atoms with Gasteiger partial charge < -0.3 is 4.72 Å². The molecule has 1 rings (SSSR count). The summed E-state index contributed by atoms with van der Waals surface area (Å²) in [4.78, 5) is 0. The second-order valence-corrected chi connectivity index (χ2v) is 2.28. The second kappa shape index (κ2) is 7.48. The molecule has 0 aromatic heterocycles. The summed E-state index contributed by atoms with van der Waals surface area (Å²) in [5, 5.41) is 0. The molecule has 0 aliphatic rings. The Kier molecular flexibility index (Phi) is 7.05. The van der Waals surface area contributed by atoms with Crippen LogP contribution in [-0.4, -0.2) is 6.26 Å². The van der Waals surface area contributed by atoms with E-state index in [-0.39, 0.29) is 0 Å². The summed E-state index contributed by atoms with van der Waals surface area (Å²) >= 11 is 1.60. The average Bonchev–Trinajstić information content (AvgIpc) is 2.11. The van der Waals surface area contributed by atoms with E-state index in [1.807, 2.05) is 50.4 Å². The molecule has 0 saturated carbocycles. The number of para-hydroxylation sites is 1. The predicted molar refractivity (Wildman–Crippen MR) is 54.9 cm³/mol. The lowest BCUT2D eigenvalue weighted by atomic mass is 10.3. The molecule has 62 valence electrons. The quantitative estimate of drug-likeness (QED) is 0.681. The molecule has 0 aliphatic heterocycles. The van der Waals surface area contributed by atoms with Crippen molar-refractivity contribution in [1.82, 2.24) is 0 Å². The van der Waals surface area contributed by atoms with Crippen molar-refractivity contribution < 1.29 is 0 Å². The van der Waals surface area contributed by atoms with E-state index < -0.39 is 0 Å². The number of hydrogen-bond acceptors (Lipinski definition) is 2. The number of anilines is 1. The van der Waals surface area contributed by atoms with Gasteiger partial charge in [-0.3, -0.25) is 0 Å². The first kappa shape index (κ1) is 10.4. The Morgan fingerprint density at radius 2 is 1.64 bits per heavy atom. The zero-order chi connectivity index (χ0) is 8.53. The van der Waals surface area contributed by atoms with Gasteiger partial charge in [0.25, 0.3) is 0 Å². The van der Waals surface area contributed by atoms with Crippen molar-refractivity contribution in [1.29, 1.82) is 0 Å². The monoisotopic (exact) mass is 169 g/mol. The molecule has 1 aromatic carbocycles. The molecule has 1 aromatic rings. The number of benzene rings is 1. The third kappa shape index (κ3) is 4.73. The van der Waals surface area contributed by atoms with Crippen LogP contribution in [0.5, 0.6) is 0 Å². The van der Waals surface area contributed by atoms with Crippen LogP contribution in [0.1, 0.15) is 13.8 Å². The molecule has 0 aliphatic carbocycles. The lowest BCUT2D eigenvalue weighted by Crippen LogP contribution is -1.81. The zero-order valence-electron chi connectivity index (χ0n) is 7.29. The molecular formula is C9H15NS. The summed E-state index contributed by atoms with van der Waals surface area (Å²) < 4.78 is 3.12. The van der Waals surface area contributed by atoms with E-state index >= 15 is 0 Å². The highest BCUT2D eigenvalue weighted by atomic mass is 32.2. The van der Waals surface area contributed by atoms with Crippen molar-refractivity contribution in [3.05, 3.63) is 30.3 Å². The maximum Gasteiger partial charge on any atom is 0.0439 e. The molecule has 0 amide bonds. The molecule has 1 N–H and O–H groups in total. The number of nitrogens with one attached hydrogen (secondary N) is 1. The minimum absolute atomic E-state index is 1.16. The van der Waals surface area contributed by atoms with Gasteiger partial charge in [0.1, 0.15) is 0 Å². The SMILES string of the molecule is CC.CSNc1ccccc1. The maximum absolute atomic E-state index is 3.12. The molecule has 2 heteroatoms. The van der Waals surface area contributed by atoms with Crippen LogP contribution in [0.4, 0.5) is 5.69 Å². The summed E-state index contributed by atoms with van der Waals surface area (Å²) in [5.41, 5.74) is 1.16. The van der Waals surface area contributed by atoms with Crippen LogP contribution in [0.25, 0.3) is 0 Å². The standard InChI is InChI=1S/C7H9NS.C2H6/c1-9-8-7-5-3-2-4-6-7;1-2/h2-6,8H,1H3;1-2H3. The molecule has 0 heterocycles. The third-order valence-corrected chi connectivity index (χ3v) is 1.43. The fraction of sp³-hybridized carbons (Fsp3) is 0.333. The van der Waals surface area contributed by atoms with Crippen LogP contribution in [-0.2, 0) is 0 Å². The normalized spacial score (nSPS) is 7.91. The van der Waals surface area contributed by atoms with Gasteiger partial charge in [-0.2, -0.15) is 0 Å². The highest BCUT2D eigenvalue weighted by molar-refractivity contribution is 7.99. The van der Waals surface area contributed by atoms with Gasteiger partial charge >= 0.3 is 0 Å². The lowest BCUT2D eigenvalue weighted by Gasteiger charge is -1.98. The van der Waals surface area contributed by atoms with E-state index in [2.05, 4.69) is 4.72 Å². The van der Waals surface area contributed by atoms with Gasteiger partial charge in [0.05, 0.1) is 0 Å². The van der Waals surface area contributed by atoms with Crippen molar-refractivity contribution in [2.75, 3.05) is 11.0 Å². The summed E-state index contributed by atoms with van der Waals surface area (Å²) in [6.07, 6.45) is 2.01. The van der Waals surface area contributed by atoms with E-state index in [0.29, 0.717) is 0 Å². The largest absolute Gasteiger partial charge is 0.330 e. The lowest BCUT2D eigenvalue weighted by molar-refractivity contribution is 1.50. The van der Waals surface area contributed by atoms with Crippen molar-refractivity contribution >= 4 is 17.6 Å². The van der Waals surface area contributed by atoms with E-state index in [0.717, 1.165) is 5.69 Å². The van der Waals surface area contributed by atoms with Crippen molar-refractivity contribution in [3.63, 3.8) is 0 Å². The van der Waals surface area contributed by atoms with E-state index in [1.54, 1.807) is 11.9 Å². The van der Waals surface area contributed by atoms with E-state index in [9.17, 15) is 0 Å². The van der Waals surface area contributed by atoms with Gasteiger partial charge in [0.15, 0.2) is 0 Å². The summed E-state index contributed by atoms with van der Waals surface area (Å²) in [6, 6.07) is 10.1. The van der Waals surface area contributed by atoms with Gasteiger partial charge in [-0.25, -0.2) is 0 Å². The fourth-order valence-corrected chi connectivity index (χ4v) is 0.996. The predicted octanol–water partition coefficient (Wildman–Crippen LogP) is 3.40. The van der Waals surface area contributed by atoms with Crippen LogP contribution in [0, 0.1) is 0 Å². The highest BCUT2D eigenvalue weighted by Gasteiger charge is 1.82. The fourth-order valence-electron chi connectivity index (χ4n) is 0.624. The van der Waals surface area contributed by atoms with E-state index in [4.69, 9.17) is 0 Å². The topological polar surface area (TPSA) is 12.0 Å². The smallest absolute Gasteiger partial charge is 0.0439 e. The molecule has 0 atom stereocenters. The molecule has 0 fully saturated rings. The minimum atomic E-state index is 1.16.